The lowest BCUT2D eigenvalue weighted by atomic mass is 10.2. The quantitative estimate of drug-likeness (QED) is 0.335. The zero-order valence-electron chi connectivity index (χ0n) is 6.26. The number of ketones is 2. The van der Waals surface area contributed by atoms with Gasteiger partial charge in [0.25, 0.3) is 0 Å². The summed E-state index contributed by atoms with van der Waals surface area (Å²) in [5.41, 5.74) is 2.34. The molecule has 0 aromatic heterocycles. The van der Waals surface area contributed by atoms with Crippen LogP contribution in [-0.2, 0) is 9.59 Å². The Hall–Kier alpha value is -1.19. The molecule has 10 heavy (non-hydrogen) atoms. The SMILES string of the molecule is CNN=C(C(C)=O)C(C)=O. The molecular weight excluding hydrogens is 132 g/mol. The van der Waals surface area contributed by atoms with Crippen LogP contribution in [0, 0.1) is 0 Å². The highest BCUT2D eigenvalue weighted by Crippen LogP contribution is 1.81. The minimum atomic E-state index is -0.318. The van der Waals surface area contributed by atoms with Crippen molar-refractivity contribution in [2.24, 2.45) is 5.10 Å². The van der Waals surface area contributed by atoms with Crippen LogP contribution in [-0.4, -0.2) is 24.3 Å². The van der Waals surface area contributed by atoms with E-state index in [4.69, 9.17) is 0 Å². The molecule has 0 aliphatic heterocycles. The highest BCUT2D eigenvalue weighted by molar-refractivity contribution is 6.65. The van der Waals surface area contributed by atoms with Crippen molar-refractivity contribution >= 4 is 17.3 Å². The van der Waals surface area contributed by atoms with Gasteiger partial charge in [0.2, 0.25) is 0 Å². The number of rotatable bonds is 3. The van der Waals surface area contributed by atoms with E-state index in [2.05, 4.69) is 10.5 Å². The first-order chi connectivity index (χ1) is 4.59. The maximum absolute atomic E-state index is 10.6. The first-order valence-electron chi connectivity index (χ1n) is 2.86. The fourth-order valence-electron chi connectivity index (χ4n) is 0.517. The third kappa shape index (κ3) is 2.39. The molecule has 0 unspecified atom stereocenters. The molecular formula is C6H10N2O2. The van der Waals surface area contributed by atoms with Crippen molar-refractivity contribution < 1.29 is 9.59 Å². The lowest BCUT2D eigenvalue weighted by Crippen LogP contribution is -2.21. The van der Waals surface area contributed by atoms with Crippen molar-refractivity contribution in [2.45, 2.75) is 13.8 Å². The first-order valence-corrected chi connectivity index (χ1v) is 2.86. The van der Waals surface area contributed by atoms with Crippen LogP contribution in [0.4, 0.5) is 0 Å². The molecule has 0 aromatic carbocycles. The maximum atomic E-state index is 10.6. The van der Waals surface area contributed by atoms with E-state index in [1.165, 1.54) is 20.9 Å². The van der Waals surface area contributed by atoms with Crippen LogP contribution in [0.25, 0.3) is 0 Å². The van der Waals surface area contributed by atoms with E-state index >= 15 is 0 Å². The summed E-state index contributed by atoms with van der Waals surface area (Å²) in [5.74, 6) is -0.635. The standard InChI is InChI=1S/C6H10N2O2/c1-4(9)6(5(2)10)8-7-3/h7H,1-3H3. The molecule has 0 radical (unpaired) electrons. The average molecular weight is 142 g/mol. The largest absolute Gasteiger partial charge is 0.312 e. The molecule has 0 atom stereocenters. The lowest BCUT2D eigenvalue weighted by molar-refractivity contribution is -0.114. The first kappa shape index (κ1) is 8.81. The van der Waals surface area contributed by atoms with E-state index in [1.807, 2.05) is 0 Å². The highest BCUT2D eigenvalue weighted by atomic mass is 16.1. The van der Waals surface area contributed by atoms with Gasteiger partial charge in [-0.15, -0.1) is 0 Å². The molecule has 0 saturated heterocycles. The summed E-state index contributed by atoms with van der Waals surface area (Å²) in [6, 6.07) is 0. The Balaban J connectivity index is 4.42. The predicted octanol–water partition coefficient (Wildman–Crippen LogP) is -0.260. The van der Waals surface area contributed by atoms with Crippen LogP contribution >= 0.6 is 0 Å². The molecule has 0 saturated carbocycles. The van der Waals surface area contributed by atoms with Crippen LogP contribution in [0.3, 0.4) is 0 Å². The third-order valence-corrected chi connectivity index (χ3v) is 0.891. The van der Waals surface area contributed by atoms with Gasteiger partial charge in [-0.2, -0.15) is 5.10 Å². The van der Waals surface area contributed by atoms with E-state index in [9.17, 15) is 9.59 Å². The van der Waals surface area contributed by atoms with Crippen LogP contribution < -0.4 is 5.43 Å². The van der Waals surface area contributed by atoms with Crippen molar-refractivity contribution in [1.82, 2.24) is 5.43 Å². The number of nitrogens with one attached hydrogen (secondary N) is 1. The van der Waals surface area contributed by atoms with Crippen molar-refractivity contribution in [3.05, 3.63) is 0 Å². The zero-order valence-corrected chi connectivity index (χ0v) is 6.26. The van der Waals surface area contributed by atoms with Crippen LogP contribution in [0.15, 0.2) is 5.10 Å². The molecule has 4 heteroatoms. The van der Waals surface area contributed by atoms with E-state index in [0.29, 0.717) is 0 Å². The van der Waals surface area contributed by atoms with Gasteiger partial charge in [-0.1, -0.05) is 0 Å². The molecule has 0 aromatic rings. The number of hydrogen-bond acceptors (Lipinski definition) is 4. The Morgan fingerprint density at radius 1 is 1.20 bits per heavy atom. The van der Waals surface area contributed by atoms with Crippen LogP contribution in [0.5, 0.6) is 0 Å². The third-order valence-electron chi connectivity index (χ3n) is 0.891. The second-order valence-corrected chi connectivity index (χ2v) is 1.80. The lowest BCUT2D eigenvalue weighted by Gasteiger charge is -1.94. The van der Waals surface area contributed by atoms with Crippen molar-refractivity contribution in [3.63, 3.8) is 0 Å². The van der Waals surface area contributed by atoms with Crippen molar-refractivity contribution in [3.8, 4) is 0 Å². The van der Waals surface area contributed by atoms with Gasteiger partial charge in [-0.25, -0.2) is 0 Å². The van der Waals surface area contributed by atoms with Gasteiger partial charge >= 0.3 is 0 Å². The van der Waals surface area contributed by atoms with Gasteiger partial charge in [0.15, 0.2) is 17.3 Å². The van der Waals surface area contributed by atoms with Gasteiger partial charge in [0, 0.05) is 20.9 Å². The van der Waals surface area contributed by atoms with Crippen molar-refractivity contribution in [2.75, 3.05) is 7.05 Å². The number of nitrogens with zero attached hydrogens (tertiary/aromatic N) is 1. The summed E-state index contributed by atoms with van der Waals surface area (Å²) < 4.78 is 0. The van der Waals surface area contributed by atoms with E-state index < -0.39 is 0 Å². The summed E-state index contributed by atoms with van der Waals surface area (Å²) in [7, 11) is 1.53. The Labute approximate surface area is 59.3 Å². The fourth-order valence-corrected chi connectivity index (χ4v) is 0.517. The molecule has 0 bridgehead atoms. The molecule has 0 heterocycles. The number of carbonyl (C=O) groups excluding carboxylic acids is 2. The van der Waals surface area contributed by atoms with Gasteiger partial charge in [-0.3, -0.25) is 9.59 Å². The molecule has 4 nitrogen and oxygen atoms in total. The van der Waals surface area contributed by atoms with E-state index in [1.54, 1.807) is 0 Å². The van der Waals surface area contributed by atoms with Crippen molar-refractivity contribution in [1.29, 1.82) is 0 Å². The number of Topliss-reactive ketones (excluding diaryl/α,β-unsaturated/α-hetero) is 2. The highest BCUT2D eigenvalue weighted by Gasteiger charge is 2.10. The maximum Gasteiger partial charge on any atom is 0.183 e. The van der Waals surface area contributed by atoms with Gasteiger partial charge in [-0.05, 0) is 0 Å². The summed E-state index contributed by atoms with van der Waals surface area (Å²) in [4.78, 5) is 21.2. The number of hydrazone groups is 1. The van der Waals surface area contributed by atoms with Gasteiger partial charge in [0.05, 0.1) is 0 Å². The molecule has 1 N–H and O–H groups in total. The van der Waals surface area contributed by atoms with E-state index in [-0.39, 0.29) is 17.3 Å². The van der Waals surface area contributed by atoms with Gasteiger partial charge in [0.1, 0.15) is 0 Å². The monoisotopic (exact) mass is 142 g/mol. The fraction of sp³-hybridized carbons (Fsp3) is 0.500. The Kier molecular flexibility index (Phi) is 3.32. The molecule has 0 amide bonds. The molecule has 0 aliphatic rings. The molecule has 0 rings (SSSR count). The Morgan fingerprint density at radius 3 is 1.70 bits per heavy atom. The molecule has 0 spiro atoms. The zero-order chi connectivity index (χ0) is 8.15. The summed E-state index contributed by atoms with van der Waals surface area (Å²) in [6.07, 6.45) is 0. The predicted molar refractivity (Wildman–Crippen MR) is 37.9 cm³/mol. The molecule has 0 aliphatic carbocycles. The topological polar surface area (TPSA) is 58.5 Å². The average Bonchev–Trinajstić information content (AvgIpc) is 1.81. The minimum absolute atomic E-state index is 0.0394. The normalized spacial score (nSPS) is 8.30. The Bertz CT molecular complexity index is 168. The van der Waals surface area contributed by atoms with E-state index in [0.717, 1.165) is 0 Å². The van der Waals surface area contributed by atoms with Crippen LogP contribution in [0.1, 0.15) is 13.8 Å². The second kappa shape index (κ2) is 3.76. The number of carbonyl (C=O) groups is 2. The second-order valence-electron chi connectivity index (χ2n) is 1.80. The minimum Gasteiger partial charge on any atom is -0.312 e. The summed E-state index contributed by atoms with van der Waals surface area (Å²) >= 11 is 0. The molecule has 0 fully saturated rings. The number of hydrogen-bond donors (Lipinski definition) is 1. The Morgan fingerprint density at radius 2 is 1.60 bits per heavy atom. The summed E-state index contributed by atoms with van der Waals surface area (Å²) in [5, 5.41) is 3.49. The molecule has 56 valence electrons. The summed E-state index contributed by atoms with van der Waals surface area (Å²) in [6.45, 7) is 2.61. The smallest absolute Gasteiger partial charge is 0.183 e. The van der Waals surface area contributed by atoms with Crippen LogP contribution in [0.2, 0.25) is 0 Å². The van der Waals surface area contributed by atoms with Gasteiger partial charge < -0.3 is 5.43 Å².